The first-order valence-electron chi connectivity index (χ1n) is 7.85. The quantitative estimate of drug-likeness (QED) is 0.835. The maximum atomic E-state index is 12.4. The fraction of sp³-hybridized carbons (Fsp3) is 0.933. The van der Waals surface area contributed by atoms with Crippen LogP contribution >= 0.6 is 12.4 Å². The number of likely N-dealkylation sites (tertiary alicyclic amines) is 1. The van der Waals surface area contributed by atoms with Crippen molar-refractivity contribution in [3.63, 3.8) is 0 Å². The van der Waals surface area contributed by atoms with E-state index in [4.69, 9.17) is 15.2 Å². The minimum absolute atomic E-state index is 0. The highest BCUT2D eigenvalue weighted by molar-refractivity contribution is 5.85. The zero-order chi connectivity index (χ0) is 14.5. The molecule has 0 saturated carbocycles. The minimum Gasteiger partial charge on any atom is -0.376 e. The Bertz CT molecular complexity index is 322. The van der Waals surface area contributed by atoms with Gasteiger partial charge >= 0.3 is 0 Å². The fourth-order valence-corrected chi connectivity index (χ4v) is 3.00. The molecule has 2 aliphatic heterocycles. The predicted octanol–water partition coefficient (Wildman–Crippen LogP) is 1.58. The lowest BCUT2D eigenvalue weighted by Gasteiger charge is -2.36. The Balaban J connectivity index is 0.00000220. The molecule has 2 N–H and O–H groups in total. The molecule has 0 aromatic heterocycles. The lowest BCUT2D eigenvalue weighted by molar-refractivity contribution is -0.146. The number of ether oxygens (including phenoxy) is 2. The Morgan fingerprint density at radius 3 is 2.76 bits per heavy atom. The number of hydrogen-bond acceptors (Lipinski definition) is 4. The first kappa shape index (κ1) is 18.7. The van der Waals surface area contributed by atoms with Crippen LogP contribution in [0.3, 0.4) is 0 Å². The molecule has 2 heterocycles. The molecule has 4 unspecified atom stereocenters. The molecule has 2 rings (SSSR count). The second-order valence-electron chi connectivity index (χ2n) is 6.16. The van der Waals surface area contributed by atoms with Gasteiger partial charge in [0.05, 0.1) is 12.7 Å². The summed E-state index contributed by atoms with van der Waals surface area (Å²) in [5.74, 6) is 0.506. The number of amides is 1. The number of hydrogen-bond donors (Lipinski definition) is 1. The molecule has 4 atom stereocenters. The zero-order valence-corrected chi connectivity index (χ0v) is 13.9. The van der Waals surface area contributed by atoms with Crippen LogP contribution < -0.4 is 5.73 Å². The van der Waals surface area contributed by atoms with Crippen LogP contribution in [0.1, 0.15) is 39.5 Å². The highest BCUT2D eigenvalue weighted by Gasteiger charge is 2.29. The van der Waals surface area contributed by atoms with Crippen LogP contribution in [0.15, 0.2) is 0 Å². The summed E-state index contributed by atoms with van der Waals surface area (Å²) in [5.41, 5.74) is 5.96. The highest BCUT2D eigenvalue weighted by atomic mass is 35.5. The molecular formula is C15H29ClN2O3. The lowest BCUT2D eigenvalue weighted by atomic mass is 9.92. The summed E-state index contributed by atoms with van der Waals surface area (Å²) in [6, 6.07) is 0.147. The van der Waals surface area contributed by atoms with Crippen molar-refractivity contribution in [2.45, 2.75) is 57.8 Å². The van der Waals surface area contributed by atoms with Gasteiger partial charge in [-0.05, 0) is 45.4 Å². The maximum absolute atomic E-state index is 12.4. The molecule has 0 aromatic rings. The van der Waals surface area contributed by atoms with Crippen LogP contribution in [-0.4, -0.2) is 55.4 Å². The van der Waals surface area contributed by atoms with Gasteiger partial charge in [-0.3, -0.25) is 4.79 Å². The van der Waals surface area contributed by atoms with Crippen LogP contribution in [0.2, 0.25) is 0 Å². The molecule has 0 spiro atoms. The number of carbonyl (C=O) groups excluding carboxylic acids is 1. The van der Waals surface area contributed by atoms with Crippen LogP contribution in [0, 0.1) is 5.92 Å². The molecule has 2 aliphatic rings. The van der Waals surface area contributed by atoms with Gasteiger partial charge in [-0.15, -0.1) is 12.4 Å². The maximum Gasteiger partial charge on any atom is 0.251 e. The largest absolute Gasteiger partial charge is 0.376 e. The van der Waals surface area contributed by atoms with Crippen molar-refractivity contribution in [3.8, 4) is 0 Å². The summed E-state index contributed by atoms with van der Waals surface area (Å²) in [6.07, 6.45) is 4.08. The number of carbonyl (C=O) groups is 1. The van der Waals surface area contributed by atoms with Gasteiger partial charge in [-0.2, -0.15) is 0 Å². The molecule has 0 radical (unpaired) electrons. The number of nitrogens with zero attached hydrogens (tertiary/aromatic N) is 1. The monoisotopic (exact) mass is 320 g/mol. The zero-order valence-electron chi connectivity index (χ0n) is 13.1. The number of rotatable bonds is 5. The first-order chi connectivity index (χ1) is 9.58. The summed E-state index contributed by atoms with van der Waals surface area (Å²) >= 11 is 0. The fourth-order valence-electron chi connectivity index (χ4n) is 3.00. The van der Waals surface area contributed by atoms with Gasteiger partial charge in [0, 0.05) is 25.7 Å². The normalized spacial score (nSPS) is 28.8. The van der Waals surface area contributed by atoms with E-state index in [9.17, 15) is 4.79 Å². The summed E-state index contributed by atoms with van der Waals surface area (Å²) < 4.78 is 11.2. The first-order valence-corrected chi connectivity index (χ1v) is 7.85. The predicted molar refractivity (Wildman–Crippen MR) is 84.6 cm³/mol. The standard InChI is InChI=1S/C15H28N2O3.ClH/c1-11(16)13-5-3-7-17(9-13)15(18)12(2)20-10-14-6-4-8-19-14;/h11-14H,3-10,16H2,1-2H3;1H. The average molecular weight is 321 g/mol. The van der Waals surface area contributed by atoms with Crippen molar-refractivity contribution in [2.24, 2.45) is 11.7 Å². The summed E-state index contributed by atoms with van der Waals surface area (Å²) in [6.45, 7) is 6.80. The molecule has 5 nitrogen and oxygen atoms in total. The van der Waals surface area contributed by atoms with Crippen LogP contribution in [0.5, 0.6) is 0 Å². The van der Waals surface area contributed by atoms with E-state index in [1.165, 1.54) is 0 Å². The third kappa shape index (κ3) is 5.40. The van der Waals surface area contributed by atoms with Crippen molar-refractivity contribution >= 4 is 18.3 Å². The molecule has 1 amide bonds. The van der Waals surface area contributed by atoms with Gasteiger partial charge in [-0.1, -0.05) is 0 Å². The number of halogens is 1. The van der Waals surface area contributed by atoms with E-state index in [1.807, 2.05) is 18.7 Å². The molecule has 0 bridgehead atoms. The van der Waals surface area contributed by atoms with E-state index in [2.05, 4.69) is 0 Å². The topological polar surface area (TPSA) is 64.8 Å². The molecule has 2 fully saturated rings. The van der Waals surface area contributed by atoms with Crippen LogP contribution in [0.25, 0.3) is 0 Å². The van der Waals surface area contributed by atoms with E-state index in [0.717, 1.165) is 45.4 Å². The summed E-state index contributed by atoms with van der Waals surface area (Å²) in [7, 11) is 0. The SMILES string of the molecule is CC(OCC1CCCO1)C(=O)N1CCCC(C(C)N)C1.Cl. The van der Waals surface area contributed by atoms with E-state index >= 15 is 0 Å². The van der Waals surface area contributed by atoms with Crippen molar-refractivity contribution in [2.75, 3.05) is 26.3 Å². The second-order valence-corrected chi connectivity index (χ2v) is 6.16. The molecule has 6 heteroatoms. The van der Waals surface area contributed by atoms with E-state index in [1.54, 1.807) is 0 Å². The Morgan fingerprint density at radius 1 is 1.38 bits per heavy atom. The number of piperidine rings is 1. The van der Waals surface area contributed by atoms with Gasteiger partial charge < -0.3 is 20.1 Å². The van der Waals surface area contributed by atoms with Gasteiger partial charge in [-0.25, -0.2) is 0 Å². The van der Waals surface area contributed by atoms with Crippen molar-refractivity contribution in [3.05, 3.63) is 0 Å². The van der Waals surface area contributed by atoms with E-state index in [0.29, 0.717) is 12.5 Å². The van der Waals surface area contributed by atoms with Gasteiger partial charge in [0.25, 0.3) is 5.91 Å². The van der Waals surface area contributed by atoms with Crippen LogP contribution in [-0.2, 0) is 14.3 Å². The minimum atomic E-state index is -0.383. The van der Waals surface area contributed by atoms with Crippen LogP contribution in [0.4, 0.5) is 0 Å². The van der Waals surface area contributed by atoms with Crippen molar-refractivity contribution in [1.29, 1.82) is 0 Å². The van der Waals surface area contributed by atoms with Crippen molar-refractivity contribution in [1.82, 2.24) is 4.90 Å². The van der Waals surface area contributed by atoms with E-state index in [-0.39, 0.29) is 36.6 Å². The molecule has 0 aliphatic carbocycles. The third-order valence-electron chi connectivity index (χ3n) is 4.42. The van der Waals surface area contributed by atoms with Gasteiger partial charge in [0.1, 0.15) is 6.10 Å². The third-order valence-corrected chi connectivity index (χ3v) is 4.42. The van der Waals surface area contributed by atoms with Gasteiger partial charge in [0.15, 0.2) is 0 Å². The number of nitrogens with two attached hydrogens (primary N) is 1. The Labute approximate surface area is 133 Å². The Morgan fingerprint density at radius 2 is 2.14 bits per heavy atom. The summed E-state index contributed by atoms with van der Waals surface area (Å²) in [4.78, 5) is 14.3. The van der Waals surface area contributed by atoms with Gasteiger partial charge in [0.2, 0.25) is 0 Å². The lowest BCUT2D eigenvalue weighted by Crippen LogP contribution is -2.48. The average Bonchev–Trinajstić information content (AvgIpc) is 2.97. The van der Waals surface area contributed by atoms with Crippen molar-refractivity contribution < 1.29 is 14.3 Å². The summed E-state index contributed by atoms with van der Waals surface area (Å²) in [5, 5.41) is 0. The molecule has 21 heavy (non-hydrogen) atoms. The molecule has 0 aromatic carbocycles. The second kappa shape index (κ2) is 8.93. The molecular weight excluding hydrogens is 292 g/mol. The Kier molecular flexibility index (Phi) is 7.95. The Hall–Kier alpha value is -0.360. The smallest absolute Gasteiger partial charge is 0.251 e. The molecule has 124 valence electrons. The highest BCUT2D eigenvalue weighted by Crippen LogP contribution is 2.20. The van der Waals surface area contributed by atoms with E-state index < -0.39 is 0 Å². The molecule has 2 saturated heterocycles.